The van der Waals surface area contributed by atoms with E-state index < -0.39 is 0 Å². The molecule has 0 aromatic heterocycles. The summed E-state index contributed by atoms with van der Waals surface area (Å²) >= 11 is 0. The summed E-state index contributed by atoms with van der Waals surface area (Å²) in [5.74, 6) is 1.46. The molecule has 3 nitrogen and oxygen atoms in total. The fourth-order valence-electron chi connectivity index (χ4n) is 2.31. The molecule has 2 fully saturated rings. The summed E-state index contributed by atoms with van der Waals surface area (Å²) in [7, 11) is 0. The van der Waals surface area contributed by atoms with Gasteiger partial charge in [0.05, 0.1) is 12.1 Å². The maximum absolute atomic E-state index is 11.1. The zero-order valence-electron chi connectivity index (χ0n) is 8.25. The highest BCUT2D eigenvalue weighted by Gasteiger charge is 2.37. The first-order chi connectivity index (χ1) is 6.16. The summed E-state index contributed by atoms with van der Waals surface area (Å²) in [6.07, 6.45) is 2.42. The number of rotatable bonds is 0. The molecular weight excluding hydrogens is 166 g/mol. The highest BCUT2D eigenvalue weighted by molar-refractivity contribution is 5.78. The minimum Gasteiger partial charge on any atom is -0.366 e. The average Bonchev–Trinajstić information content (AvgIpc) is 2.08. The van der Waals surface area contributed by atoms with Crippen LogP contribution in [-0.4, -0.2) is 24.7 Å². The smallest absolute Gasteiger partial charge is 0.246 e. The highest BCUT2D eigenvalue weighted by Crippen LogP contribution is 2.32. The molecule has 1 aliphatic carbocycles. The number of carbonyl (C=O) groups is 1. The number of hydrogen-bond donors (Lipinski definition) is 1. The van der Waals surface area contributed by atoms with Gasteiger partial charge < -0.3 is 10.1 Å². The molecule has 74 valence electrons. The number of amides is 1. The molecule has 2 rings (SSSR count). The van der Waals surface area contributed by atoms with Crippen LogP contribution in [0.1, 0.15) is 26.7 Å². The quantitative estimate of drug-likeness (QED) is 0.607. The molecule has 1 saturated heterocycles. The Morgan fingerprint density at radius 3 is 2.77 bits per heavy atom. The first kappa shape index (κ1) is 9.00. The molecular formula is C10H17NO2. The van der Waals surface area contributed by atoms with E-state index >= 15 is 0 Å². The Morgan fingerprint density at radius 2 is 2.00 bits per heavy atom. The van der Waals surface area contributed by atoms with Gasteiger partial charge in [-0.05, 0) is 24.7 Å². The van der Waals surface area contributed by atoms with Crippen molar-refractivity contribution >= 4 is 5.91 Å². The van der Waals surface area contributed by atoms with Gasteiger partial charge in [0.2, 0.25) is 5.91 Å². The van der Waals surface area contributed by atoms with Gasteiger partial charge >= 0.3 is 0 Å². The maximum Gasteiger partial charge on any atom is 0.246 e. The molecule has 1 amide bonds. The lowest BCUT2D eigenvalue weighted by molar-refractivity contribution is -0.141. The fraction of sp³-hybridized carbons (Fsp3) is 0.900. The van der Waals surface area contributed by atoms with Crippen molar-refractivity contribution in [2.24, 2.45) is 11.8 Å². The molecule has 4 unspecified atom stereocenters. The summed E-state index contributed by atoms with van der Waals surface area (Å²) in [6, 6.07) is 0.271. The zero-order chi connectivity index (χ0) is 9.42. The normalized spacial score (nSPS) is 45.2. The summed E-state index contributed by atoms with van der Waals surface area (Å²) in [5.41, 5.74) is 0. The lowest BCUT2D eigenvalue weighted by Crippen LogP contribution is -2.55. The first-order valence-electron chi connectivity index (χ1n) is 5.08. The SMILES string of the molecule is CC1CC2NC(=O)COC2CC1C. The Balaban J connectivity index is 2.02. The van der Waals surface area contributed by atoms with E-state index in [1.807, 2.05) is 0 Å². The third kappa shape index (κ3) is 1.70. The van der Waals surface area contributed by atoms with Gasteiger partial charge in [-0.2, -0.15) is 0 Å². The third-order valence-electron chi connectivity index (χ3n) is 3.42. The topological polar surface area (TPSA) is 38.3 Å². The zero-order valence-corrected chi connectivity index (χ0v) is 8.25. The molecule has 0 bridgehead atoms. The Morgan fingerprint density at radius 1 is 1.31 bits per heavy atom. The molecule has 2 aliphatic rings. The Hall–Kier alpha value is -0.570. The van der Waals surface area contributed by atoms with Crippen LogP contribution in [0.25, 0.3) is 0 Å². The van der Waals surface area contributed by atoms with Crippen molar-refractivity contribution < 1.29 is 9.53 Å². The summed E-state index contributed by atoms with van der Waals surface area (Å²) in [4.78, 5) is 11.1. The van der Waals surface area contributed by atoms with Crippen LogP contribution in [0.2, 0.25) is 0 Å². The molecule has 1 aliphatic heterocycles. The van der Waals surface area contributed by atoms with Crippen LogP contribution in [-0.2, 0) is 9.53 Å². The van der Waals surface area contributed by atoms with Gasteiger partial charge in [0.25, 0.3) is 0 Å². The van der Waals surface area contributed by atoms with Crippen LogP contribution >= 0.6 is 0 Å². The minimum absolute atomic E-state index is 0.0444. The van der Waals surface area contributed by atoms with Crippen molar-refractivity contribution in [1.82, 2.24) is 5.32 Å². The number of fused-ring (bicyclic) bond motifs is 1. The molecule has 0 aromatic carbocycles. The van der Waals surface area contributed by atoms with Gasteiger partial charge in [-0.15, -0.1) is 0 Å². The lowest BCUT2D eigenvalue weighted by atomic mass is 9.77. The summed E-state index contributed by atoms with van der Waals surface area (Å²) < 4.78 is 5.50. The first-order valence-corrected chi connectivity index (χ1v) is 5.08. The molecule has 1 saturated carbocycles. The highest BCUT2D eigenvalue weighted by atomic mass is 16.5. The van der Waals surface area contributed by atoms with E-state index in [9.17, 15) is 4.79 Å². The van der Waals surface area contributed by atoms with Gasteiger partial charge in [-0.1, -0.05) is 13.8 Å². The maximum atomic E-state index is 11.1. The lowest BCUT2D eigenvalue weighted by Gasteiger charge is -2.41. The fourth-order valence-corrected chi connectivity index (χ4v) is 2.31. The van der Waals surface area contributed by atoms with Gasteiger partial charge in [0.1, 0.15) is 6.61 Å². The molecule has 0 spiro atoms. The molecule has 0 radical (unpaired) electrons. The van der Waals surface area contributed by atoms with E-state index in [4.69, 9.17) is 4.74 Å². The van der Waals surface area contributed by atoms with Crippen LogP contribution in [0.5, 0.6) is 0 Å². The second-order valence-corrected chi connectivity index (χ2v) is 4.45. The van der Waals surface area contributed by atoms with E-state index in [2.05, 4.69) is 19.2 Å². The molecule has 4 atom stereocenters. The monoisotopic (exact) mass is 183 g/mol. The molecule has 3 heteroatoms. The van der Waals surface area contributed by atoms with Crippen LogP contribution < -0.4 is 5.32 Å². The second kappa shape index (κ2) is 3.29. The van der Waals surface area contributed by atoms with E-state index in [1.165, 1.54) is 0 Å². The van der Waals surface area contributed by atoms with Crippen molar-refractivity contribution in [3.8, 4) is 0 Å². The number of nitrogens with one attached hydrogen (secondary N) is 1. The molecule has 1 heterocycles. The van der Waals surface area contributed by atoms with Crippen LogP contribution in [0.3, 0.4) is 0 Å². The predicted octanol–water partition coefficient (Wildman–Crippen LogP) is 0.936. The van der Waals surface area contributed by atoms with Crippen LogP contribution in [0.4, 0.5) is 0 Å². The van der Waals surface area contributed by atoms with E-state index in [0.717, 1.165) is 18.8 Å². The summed E-state index contributed by atoms with van der Waals surface area (Å²) in [6.45, 7) is 4.77. The van der Waals surface area contributed by atoms with E-state index in [0.29, 0.717) is 5.92 Å². The second-order valence-electron chi connectivity index (χ2n) is 4.45. The Kier molecular flexibility index (Phi) is 2.28. The Bertz CT molecular complexity index is 217. The summed E-state index contributed by atoms with van der Waals surface area (Å²) in [5, 5.41) is 3.01. The van der Waals surface area contributed by atoms with E-state index in [1.54, 1.807) is 0 Å². The Labute approximate surface area is 78.8 Å². The van der Waals surface area contributed by atoms with Crippen LogP contribution in [0, 0.1) is 11.8 Å². The van der Waals surface area contributed by atoms with Gasteiger partial charge in [0.15, 0.2) is 0 Å². The number of morpholine rings is 1. The predicted molar refractivity (Wildman–Crippen MR) is 49.2 cm³/mol. The number of carbonyl (C=O) groups excluding carboxylic acids is 1. The largest absolute Gasteiger partial charge is 0.366 e. The van der Waals surface area contributed by atoms with Crippen molar-refractivity contribution in [3.63, 3.8) is 0 Å². The van der Waals surface area contributed by atoms with Crippen molar-refractivity contribution in [2.75, 3.05) is 6.61 Å². The molecule has 13 heavy (non-hydrogen) atoms. The standard InChI is InChI=1S/C10H17NO2/c1-6-3-8-9(4-7(6)2)13-5-10(12)11-8/h6-9H,3-5H2,1-2H3,(H,11,12). The van der Waals surface area contributed by atoms with Crippen molar-refractivity contribution in [2.45, 2.75) is 38.8 Å². The van der Waals surface area contributed by atoms with Crippen LogP contribution in [0.15, 0.2) is 0 Å². The average molecular weight is 183 g/mol. The van der Waals surface area contributed by atoms with Gasteiger partial charge in [0, 0.05) is 0 Å². The molecule has 1 N–H and O–H groups in total. The third-order valence-corrected chi connectivity index (χ3v) is 3.42. The van der Waals surface area contributed by atoms with E-state index in [-0.39, 0.29) is 24.7 Å². The number of ether oxygens (including phenoxy) is 1. The van der Waals surface area contributed by atoms with Crippen molar-refractivity contribution in [1.29, 1.82) is 0 Å². The molecule has 0 aromatic rings. The minimum atomic E-state index is 0.0444. The van der Waals surface area contributed by atoms with Gasteiger partial charge in [-0.3, -0.25) is 4.79 Å². The van der Waals surface area contributed by atoms with Gasteiger partial charge in [-0.25, -0.2) is 0 Å². The number of hydrogen-bond acceptors (Lipinski definition) is 2. The van der Waals surface area contributed by atoms with Crippen molar-refractivity contribution in [3.05, 3.63) is 0 Å².